The van der Waals surface area contributed by atoms with Crippen LogP contribution in [-0.4, -0.2) is 83.4 Å². The van der Waals surface area contributed by atoms with E-state index in [4.69, 9.17) is 16.3 Å². The number of ether oxygens (including phenoxy) is 2. The van der Waals surface area contributed by atoms with E-state index in [1.807, 2.05) is 0 Å². The summed E-state index contributed by atoms with van der Waals surface area (Å²) >= 11 is 5.89. The number of aliphatic hydroxyl groups excluding tert-OH is 1. The van der Waals surface area contributed by atoms with Crippen molar-refractivity contribution in [3.8, 4) is 0 Å². The second-order valence-corrected chi connectivity index (χ2v) is 11.3. The Morgan fingerprint density at radius 1 is 1.06 bits per heavy atom. The molecule has 1 heterocycles. The van der Waals surface area contributed by atoms with Crippen LogP contribution in [0.25, 0.3) is 0 Å². The van der Waals surface area contributed by atoms with Crippen LogP contribution in [0.15, 0.2) is 0 Å². The minimum Gasteiger partial charge on any atom is -0.391 e. The molecule has 1 saturated heterocycles. The first-order chi connectivity index (χ1) is 16.9. The van der Waals surface area contributed by atoms with E-state index >= 15 is 0 Å². The van der Waals surface area contributed by atoms with E-state index in [-0.39, 0.29) is 56.8 Å². The van der Waals surface area contributed by atoms with Gasteiger partial charge < -0.3 is 25.8 Å². The summed E-state index contributed by atoms with van der Waals surface area (Å²) in [4.78, 5) is 25.4. The Hall–Kier alpha value is -1.21. The van der Waals surface area contributed by atoms with Crippen molar-refractivity contribution in [1.29, 1.82) is 0 Å². The lowest BCUT2D eigenvalue weighted by molar-refractivity contribution is -0.343. The number of hydrogen-bond acceptors (Lipinski definition) is 6. The van der Waals surface area contributed by atoms with Gasteiger partial charge in [-0.3, -0.25) is 14.3 Å². The molecule has 2 bridgehead atoms. The summed E-state index contributed by atoms with van der Waals surface area (Å²) < 4.78 is 60.6. The normalized spacial score (nSPS) is 41.1. The van der Waals surface area contributed by atoms with Crippen molar-refractivity contribution in [3.63, 3.8) is 0 Å². The molecule has 0 spiro atoms. The fraction of sp³-hybridized carbons (Fsp3) is 0.913. The topological polar surface area (TPSA) is 109 Å². The largest absolute Gasteiger partial charge is 0.522 e. The number of carbonyl (C=O) groups excluding carboxylic acids is 2. The number of rotatable bonds is 7. The Kier molecular flexibility index (Phi) is 8.41. The van der Waals surface area contributed by atoms with E-state index in [9.17, 15) is 32.3 Å². The monoisotopic (exact) mass is 543 g/mol. The summed E-state index contributed by atoms with van der Waals surface area (Å²) in [6.07, 6.45) is -4.32. The van der Waals surface area contributed by atoms with Crippen molar-refractivity contribution in [2.24, 2.45) is 0 Å². The number of fused-ring (bicyclic) bond motifs is 3. The average molecular weight is 544 g/mol. The smallest absolute Gasteiger partial charge is 0.391 e. The number of hydrogen-bond donors (Lipinski definition) is 4. The van der Waals surface area contributed by atoms with Gasteiger partial charge in [0.15, 0.2) is 0 Å². The van der Waals surface area contributed by atoms with E-state index in [0.717, 1.165) is 0 Å². The van der Waals surface area contributed by atoms with Crippen molar-refractivity contribution in [3.05, 3.63) is 0 Å². The molecule has 0 aromatic carbocycles. The van der Waals surface area contributed by atoms with E-state index in [2.05, 4.69) is 20.7 Å². The minimum absolute atomic E-state index is 0.0796. The molecule has 4 aliphatic carbocycles. The van der Waals surface area contributed by atoms with E-state index in [1.54, 1.807) is 0 Å². The molecule has 13 heteroatoms. The minimum atomic E-state index is -4.71. The molecule has 0 aromatic heterocycles. The molecule has 2 amide bonds. The molecule has 6 atom stereocenters. The molecule has 36 heavy (non-hydrogen) atoms. The highest BCUT2D eigenvalue weighted by molar-refractivity contribution is 6.21. The molecule has 6 unspecified atom stereocenters. The third-order valence-corrected chi connectivity index (χ3v) is 8.67. The molecule has 4 N–H and O–H groups in total. The van der Waals surface area contributed by atoms with Gasteiger partial charge in [-0.25, -0.2) is 4.39 Å². The van der Waals surface area contributed by atoms with Crippen molar-refractivity contribution >= 4 is 23.4 Å². The second-order valence-electron chi connectivity index (χ2n) is 10.7. The van der Waals surface area contributed by atoms with Gasteiger partial charge in [-0.05, 0) is 57.8 Å². The number of carbonyl (C=O) groups is 2. The zero-order valence-corrected chi connectivity index (χ0v) is 20.7. The fourth-order valence-corrected chi connectivity index (χ4v) is 6.28. The second kappa shape index (κ2) is 10.9. The number of aliphatic hydroxyl groups is 1. The highest BCUT2D eigenvalue weighted by atomic mass is 35.5. The molecule has 5 fully saturated rings. The molecule has 5 aliphatic rings. The first-order valence-corrected chi connectivity index (χ1v) is 13.0. The van der Waals surface area contributed by atoms with Crippen LogP contribution in [0.2, 0.25) is 0 Å². The van der Waals surface area contributed by atoms with Gasteiger partial charge in [0, 0.05) is 18.5 Å². The van der Waals surface area contributed by atoms with Crippen LogP contribution in [0.5, 0.6) is 0 Å². The number of alkyl halides is 5. The first-order valence-electron chi connectivity index (χ1n) is 12.6. The van der Waals surface area contributed by atoms with Crippen molar-refractivity contribution in [2.45, 2.75) is 118 Å². The van der Waals surface area contributed by atoms with Crippen molar-refractivity contribution < 1.29 is 41.7 Å². The summed E-state index contributed by atoms with van der Waals surface area (Å²) in [6.45, 7) is -0.309. The van der Waals surface area contributed by atoms with Gasteiger partial charge in [0.2, 0.25) is 11.8 Å². The Morgan fingerprint density at radius 3 is 2.33 bits per heavy atom. The third kappa shape index (κ3) is 6.61. The number of halogens is 5. The third-order valence-electron chi connectivity index (χ3n) is 8.18. The van der Waals surface area contributed by atoms with Gasteiger partial charge in [0.05, 0.1) is 35.3 Å². The highest BCUT2D eigenvalue weighted by Gasteiger charge is 2.55. The van der Waals surface area contributed by atoms with Crippen LogP contribution in [0.4, 0.5) is 17.6 Å². The SMILES string of the molecule is O=C(COC1CCC(Cl)C(F)C1)NC12CCC(NC(=O)C3CCC(OC(F)(F)F)CN3)(CC1)CC2O. The van der Waals surface area contributed by atoms with Crippen LogP contribution >= 0.6 is 11.6 Å². The maximum absolute atomic E-state index is 13.8. The lowest BCUT2D eigenvalue weighted by atomic mass is 9.59. The maximum Gasteiger partial charge on any atom is 0.522 e. The Labute approximate surface area is 212 Å². The maximum atomic E-state index is 13.8. The summed E-state index contributed by atoms with van der Waals surface area (Å²) in [5, 5.41) is 19.1. The van der Waals surface area contributed by atoms with Gasteiger partial charge in [-0.15, -0.1) is 24.8 Å². The molecule has 206 valence electrons. The van der Waals surface area contributed by atoms with E-state index in [1.165, 1.54) is 0 Å². The zero-order valence-electron chi connectivity index (χ0n) is 19.9. The lowest BCUT2D eigenvalue weighted by Gasteiger charge is -2.56. The summed E-state index contributed by atoms with van der Waals surface area (Å²) in [6, 6.07) is -0.632. The molecule has 0 aromatic rings. The average Bonchev–Trinajstić information content (AvgIpc) is 2.80. The van der Waals surface area contributed by atoms with Crippen molar-refractivity contribution in [1.82, 2.24) is 16.0 Å². The molecule has 1 aliphatic heterocycles. The predicted octanol–water partition coefficient (Wildman–Crippen LogP) is 2.21. The van der Waals surface area contributed by atoms with E-state index in [0.29, 0.717) is 38.5 Å². The summed E-state index contributed by atoms with van der Waals surface area (Å²) in [5.41, 5.74) is -1.44. The van der Waals surface area contributed by atoms with Gasteiger partial charge in [0.25, 0.3) is 0 Å². The molecular weight excluding hydrogens is 510 g/mol. The molecule has 4 saturated carbocycles. The summed E-state index contributed by atoms with van der Waals surface area (Å²) in [5.74, 6) is -0.685. The van der Waals surface area contributed by atoms with Gasteiger partial charge in [-0.2, -0.15) is 0 Å². The Bertz CT molecular complexity index is 803. The van der Waals surface area contributed by atoms with Gasteiger partial charge in [0.1, 0.15) is 12.8 Å². The quantitative estimate of drug-likeness (QED) is 0.290. The number of amides is 2. The van der Waals surface area contributed by atoms with Crippen LogP contribution in [-0.2, 0) is 19.1 Å². The van der Waals surface area contributed by atoms with Gasteiger partial charge >= 0.3 is 6.36 Å². The summed E-state index contributed by atoms with van der Waals surface area (Å²) in [7, 11) is 0. The predicted molar refractivity (Wildman–Crippen MR) is 121 cm³/mol. The number of piperidine rings is 1. The van der Waals surface area contributed by atoms with Crippen LogP contribution < -0.4 is 16.0 Å². The fourth-order valence-electron chi connectivity index (χ4n) is 6.06. The standard InChI is InChI=1S/C23H34ClF4N3O5/c24-15-3-1-13(9-16(15)25)35-12-19(33)30-22-7-5-21(6-8-22,10-18(22)32)31-20(34)17-4-2-14(11-29-17)36-23(26,27)28/h13-18,29,32H,1-12H2,(H,30,33)(H,31,34). The van der Waals surface area contributed by atoms with Crippen LogP contribution in [0.1, 0.15) is 64.2 Å². The van der Waals surface area contributed by atoms with Crippen LogP contribution in [0.3, 0.4) is 0 Å². The Morgan fingerprint density at radius 2 is 1.75 bits per heavy atom. The highest BCUT2D eigenvalue weighted by Crippen LogP contribution is 2.47. The zero-order chi connectivity index (χ0) is 26.1. The first kappa shape index (κ1) is 27.8. The molecule has 5 rings (SSSR count). The molecule has 8 nitrogen and oxygen atoms in total. The molecule has 0 radical (unpaired) electrons. The van der Waals surface area contributed by atoms with E-state index < -0.39 is 47.2 Å². The Balaban J connectivity index is 1.23. The molecular formula is C23H34ClF4N3O5. The lowest BCUT2D eigenvalue weighted by Crippen LogP contribution is -2.71. The number of nitrogens with one attached hydrogen (secondary N) is 3. The van der Waals surface area contributed by atoms with Crippen molar-refractivity contribution in [2.75, 3.05) is 13.2 Å². The van der Waals surface area contributed by atoms with Gasteiger partial charge in [-0.1, -0.05) is 0 Å². The van der Waals surface area contributed by atoms with Crippen LogP contribution in [0, 0.1) is 0 Å².